The smallest absolute Gasteiger partial charge is 0.245 e. The Hall–Kier alpha value is -1.62. The molecule has 0 aliphatic carbocycles. The number of carbonyl (C=O) groups excluding carboxylic acids is 1. The highest BCUT2D eigenvalue weighted by atomic mass is 35.5. The van der Waals surface area contributed by atoms with Crippen LogP contribution >= 0.6 is 23.2 Å². The summed E-state index contributed by atoms with van der Waals surface area (Å²) >= 11 is 11.3. The second-order valence-corrected chi connectivity index (χ2v) is 4.95. The summed E-state index contributed by atoms with van der Waals surface area (Å²) in [4.78, 5) is 12.0. The van der Waals surface area contributed by atoms with Crippen LogP contribution in [0.1, 0.15) is 11.6 Å². The minimum Gasteiger partial charge on any atom is -0.324 e. The molecule has 1 atom stereocenters. The molecule has 0 saturated heterocycles. The van der Waals surface area contributed by atoms with Crippen molar-refractivity contribution in [2.45, 2.75) is 6.04 Å². The SMILES string of the molecule is NC(C(=O)Nc1cc(Cl)c(F)c(Cl)c1)c1ccccc1. The highest BCUT2D eigenvalue weighted by Crippen LogP contribution is 2.27. The summed E-state index contributed by atoms with van der Waals surface area (Å²) < 4.78 is 13.3. The summed E-state index contributed by atoms with van der Waals surface area (Å²) in [5.74, 6) is -1.16. The monoisotopic (exact) mass is 312 g/mol. The van der Waals surface area contributed by atoms with E-state index in [1.165, 1.54) is 12.1 Å². The Labute approximate surface area is 125 Å². The molecule has 0 radical (unpaired) electrons. The van der Waals surface area contributed by atoms with Crippen LogP contribution in [0.5, 0.6) is 0 Å². The fourth-order valence-corrected chi connectivity index (χ4v) is 2.15. The maximum atomic E-state index is 13.3. The van der Waals surface area contributed by atoms with Crippen LogP contribution in [-0.2, 0) is 4.79 Å². The Morgan fingerprint density at radius 2 is 1.70 bits per heavy atom. The molecular weight excluding hydrogens is 302 g/mol. The molecule has 1 amide bonds. The summed E-state index contributed by atoms with van der Waals surface area (Å²) in [5.41, 5.74) is 6.80. The highest BCUT2D eigenvalue weighted by Gasteiger charge is 2.16. The normalized spacial score (nSPS) is 12.0. The molecular formula is C14H11Cl2FN2O. The molecule has 3 N–H and O–H groups in total. The van der Waals surface area contributed by atoms with Gasteiger partial charge in [-0.05, 0) is 17.7 Å². The van der Waals surface area contributed by atoms with Gasteiger partial charge in [0.05, 0.1) is 10.0 Å². The number of nitrogens with one attached hydrogen (secondary N) is 1. The van der Waals surface area contributed by atoms with Gasteiger partial charge in [0.15, 0.2) is 5.82 Å². The van der Waals surface area contributed by atoms with Gasteiger partial charge in [-0.3, -0.25) is 4.79 Å². The summed E-state index contributed by atoms with van der Waals surface area (Å²) in [6.45, 7) is 0. The van der Waals surface area contributed by atoms with Crippen molar-refractivity contribution in [3.63, 3.8) is 0 Å². The molecule has 6 heteroatoms. The van der Waals surface area contributed by atoms with E-state index < -0.39 is 17.8 Å². The molecule has 1 unspecified atom stereocenters. The second-order valence-electron chi connectivity index (χ2n) is 4.13. The number of nitrogens with two attached hydrogens (primary N) is 1. The van der Waals surface area contributed by atoms with Crippen molar-refractivity contribution < 1.29 is 9.18 Å². The quantitative estimate of drug-likeness (QED) is 0.848. The van der Waals surface area contributed by atoms with Gasteiger partial charge in [-0.2, -0.15) is 0 Å². The first-order valence-corrected chi connectivity index (χ1v) is 6.50. The number of benzene rings is 2. The largest absolute Gasteiger partial charge is 0.324 e. The van der Waals surface area contributed by atoms with Crippen LogP contribution in [0.4, 0.5) is 10.1 Å². The molecule has 0 aliphatic rings. The van der Waals surface area contributed by atoms with Crippen LogP contribution in [0, 0.1) is 5.82 Å². The van der Waals surface area contributed by atoms with Gasteiger partial charge in [0.2, 0.25) is 5.91 Å². The molecule has 3 nitrogen and oxygen atoms in total. The first-order chi connectivity index (χ1) is 9.49. The van der Waals surface area contributed by atoms with Crippen molar-refractivity contribution in [2.24, 2.45) is 5.73 Å². The molecule has 0 heterocycles. The first kappa shape index (κ1) is 14.8. The van der Waals surface area contributed by atoms with Gasteiger partial charge in [-0.25, -0.2) is 4.39 Å². The Kier molecular flexibility index (Phi) is 4.60. The van der Waals surface area contributed by atoms with E-state index in [9.17, 15) is 9.18 Å². The minimum atomic E-state index is -0.834. The van der Waals surface area contributed by atoms with Crippen molar-refractivity contribution in [1.82, 2.24) is 0 Å². The predicted octanol–water partition coefficient (Wildman–Crippen LogP) is 3.77. The second kappa shape index (κ2) is 6.22. The third kappa shape index (κ3) is 3.28. The molecule has 2 aromatic rings. The standard InChI is InChI=1S/C14H11Cl2FN2O/c15-10-6-9(7-11(16)12(10)17)19-14(20)13(18)8-4-2-1-3-5-8/h1-7,13H,18H2,(H,19,20). The molecule has 20 heavy (non-hydrogen) atoms. The fourth-order valence-electron chi connectivity index (χ4n) is 1.66. The van der Waals surface area contributed by atoms with E-state index in [0.29, 0.717) is 5.56 Å². The van der Waals surface area contributed by atoms with Gasteiger partial charge in [0.25, 0.3) is 0 Å². The van der Waals surface area contributed by atoms with Crippen LogP contribution in [0.3, 0.4) is 0 Å². The van der Waals surface area contributed by atoms with Gasteiger partial charge < -0.3 is 11.1 Å². The lowest BCUT2D eigenvalue weighted by atomic mass is 10.1. The molecule has 0 saturated carbocycles. The number of amides is 1. The predicted molar refractivity (Wildman–Crippen MR) is 78.4 cm³/mol. The van der Waals surface area contributed by atoms with Crippen molar-refractivity contribution in [2.75, 3.05) is 5.32 Å². The summed E-state index contributed by atoms with van der Waals surface area (Å²) in [6.07, 6.45) is 0. The lowest BCUT2D eigenvalue weighted by molar-refractivity contribution is -0.117. The highest BCUT2D eigenvalue weighted by molar-refractivity contribution is 6.35. The zero-order valence-electron chi connectivity index (χ0n) is 10.2. The average Bonchev–Trinajstić information content (AvgIpc) is 2.44. The zero-order valence-corrected chi connectivity index (χ0v) is 11.8. The van der Waals surface area contributed by atoms with Crippen LogP contribution in [0.15, 0.2) is 42.5 Å². The van der Waals surface area contributed by atoms with Crippen LogP contribution < -0.4 is 11.1 Å². The summed E-state index contributed by atoms with van der Waals surface area (Å²) in [5, 5.41) is 2.22. The molecule has 0 bridgehead atoms. The number of hydrogen-bond donors (Lipinski definition) is 2. The van der Waals surface area contributed by atoms with E-state index in [0.717, 1.165) is 0 Å². The Bertz CT molecular complexity index is 611. The molecule has 0 aliphatic heterocycles. The molecule has 0 fully saturated rings. The zero-order chi connectivity index (χ0) is 14.7. The van der Waals surface area contributed by atoms with Crippen LogP contribution in [0.2, 0.25) is 10.0 Å². The number of rotatable bonds is 3. The maximum Gasteiger partial charge on any atom is 0.245 e. The van der Waals surface area contributed by atoms with E-state index in [-0.39, 0.29) is 15.7 Å². The Morgan fingerprint density at radius 1 is 1.15 bits per heavy atom. The molecule has 0 spiro atoms. The van der Waals surface area contributed by atoms with Crippen molar-refractivity contribution in [1.29, 1.82) is 0 Å². The van der Waals surface area contributed by atoms with Crippen LogP contribution in [0.25, 0.3) is 0 Å². The van der Waals surface area contributed by atoms with Crippen molar-refractivity contribution in [3.8, 4) is 0 Å². The van der Waals surface area contributed by atoms with E-state index in [1.807, 2.05) is 6.07 Å². The van der Waals surface area contributed by atoms with Gasteiger partial charge in [-0.1, -0.05) is 53.5 Å². The van der Waals surface area contributed by atoms with Gasteiger partial charge in [0.1, 0.15) is 6.04 Å². The van der Waals surface area contributed by atoms with Gasteiger partial charge >= 0.3 is 0 Å². The Morgan fingerprint density at radius 3 is 2.25 bits per heavy atom. The van der Waals surface area contributed by atoms with Crippen molar-refractivity contribution in [3.05, 3.63) is 63.9 Å². The number of carbonyl (C=O) groups is 1. The Balaban J connectivity index is 2.16. The van der Waals surface area contributed by atoms with Gasteiger partial charge in [0, 0.05) is 5.69 Å². The molecule has 2 aromatic carbocycles. The minimum absolute atomic E-state index is 0.166. The fraction of sp³-hybridized carbons (Fsp3) is 0.0714. The lowest BCUT2D eigenvalue weighted by Gasteiger charge is -2.13. The molecule has 104 valence electrons. The third-order valence-corrected chi connectivity index (χ3v) is 3.24. The van der Waals surface area contributed by atoms with Gasteiger partial charge in [-0.15, -0.1) is 0 Å². The van der Waals surface area contributed by atoms with E-state index in [4.69, 9.17) is 28.9 Å². The van der Waals surface area contributed by atoms with Crippen LogP contribution in [-0.4, -0.2) is 5.91 Å². The topological polar surface area (TPSA) is 55.1 Å². The average molecular weight is 313 g/mol. The summed E-state index contributed by atoms with van der Waals surface area (Å²) in [6, 6.07) is 10.6. The lowest BCUT2D eigenvalue weighted by Crippen LogP contribution is -2.27. The first-order valence-electron chi connectivity index (χ1n) is 5.75. The number of halogens is 3. The molecule has 0 aromatic heterocycles. The van der Waals surface area contributed by atoms with E-state index in [1.54, 1.807) is 24.3 Å². The maximum absolute atomic E-state index is 13.3. The summed E-state index contributed by atoms with van der Waals surface area (Å²) in [7, 11) is 0. The third-order valence-electron chi connectivity index (χ3n) is 2.69. The number of anilines is 1. The molecule has 2 rings (SSSR count). The van der Waals surface area contributed by atoms with Crippen molar-refractivity contribution >= 4 is 34.8 Å². The van der Waals surface area contributed by atoms with E-state index >= 15 is 0 Å². The van der Waals surface area contributed by atoms with E-state index in [2.05, 4.69) is 5.32 Å². The number of hydrogen-bond acceptors (Lipinski definition) is 2.